The molecule has 0 saturated carbocycles. The first kappa shape index (κ1) is 13.2. The molecule has 1 aliphatic heterocycles. The Morgan fingerprint density at radius 1 is 1.05 bits per heavy atom. The van der Waals surface area contributed by atoms with Gasteiger partial charge in [-0.1, -0.05) is 24.3 Å². The molecule has 2 nitrogen and oxygen atoms in total. The Labute approximate surface area is 129 Å². The van der Waals surface area contributed by atoms with Crippen molar-refractivity contribution in [2.75, 3.05) is 0 Å². The molecular formula is C15H13Br2NO. The maximum absolute atomic E-state index is 6.24. The van der Waals surface area contributed by atoms with E-state index in [1.807, 2.05) is 30.3 Å². The predicted molar refractivity (Wildman–Crippen MR) is 83.2 cm³/mol. The van der Waals surface area contributed by atoms with Gasteiger partial charge in [0.2, 0.25) is 0 Å². The van der Waals surface area contributed by atoms with Crippen LogP contribution in [0, 0.1) is 0 Å². The Kier molecular flexibility index (Phi) is 3.65. The van der Waals surface area contributed by atoms with E-state index in [1.54, 1.807) is 0 Å². The molecule has 0 amide bonds. The van der Waals surface area contributed by atoms with E-state index in [4.69, 9.17) is 10.5 Å². The number of benzene rings is 2. The van der Waals surface area contributed by atoms with Crippen LogP contribution < -0.4 is 10.5 Å². The average molecular weight is 383 g/mol. The minimum atomic E-state index is 0.00861. The molecule has 2 aromatic rings. The number of para-hydroxylation sites is 1. The Morgan fingerprint density at radius 2 is 1.84 bits per heavy atom. The quantitative estimate of drug-likeness (QED) is 0.773. The minimum Gasteiger partial charge on any atom is -0.485 e. The van der Waals surface area contributed by atoms with Crippen LogP contribution in [0.1, 0.15) is 29.7 Å². The molecule has 0 aliphatic carbocycles. The molecule has 0 bridgehead atoms. The summed E-state index contributed by atoms with van der Waals surface area (Å²) in [6.45, 7) is 0. The van der Waals surface area contributed by atoms with E-state index in [9.17, 15) is 0 Å². The van der Waals surface area contributed by atoms with E-state index in [0.29, 0.717) is 0 Å². The highest BCUT2D eigenvalue weighted by Gasteiger charge is 2.26. The van der Waals surface area contributed by atoms with Gasteiger partial charge in [0, 0.05) is 27.0 Å². The van der Waals surface area contributed by atoms with E-state index >= 15 is 0 Å². The highest BCUT2D eigenvalue weighted by Crippen LogP contribution is 2.40. The van der Waals surface area contributed by atoms with Crippen LogP contribution in [-0.2, 0) is 0 Å². The van der Waals surface area contributed by atoms with Crippen molar-refractivity contribution in [1.82, 2.24) is 0 Å². The lowest BCUT2D eigenvalue weighted by Crippen LogP contribution is -2.24. The summed E-state index contributed by atoms with van der Waals surface area (Å²) in [7, 11) is 0. The van der Waals surface area contributed by atoms with Gasteiger partial charge in [-0.2, -0.15) is 0 Å². The van der Waals surface area contributed by atoms with Gasteiger partial charge in [-0.25, -0.2) is 0 Å². The van der Waals surface area contributed by atoms with Gasteiger partial charge in [-0.3, -0.25) is 0 Å². The lowest BCUT2D eigenvalue weighted by atomic mass is 9.94. The molecular weight excluding hydrogens is 370 g/mol. The summed E-state index contributed by atoms with van der Waals surface area (Å²) >= 11 is 7.00. The molecule has 19 heavy (non-hydrogen) atoms. The van der Waals surface area contributed by atoms with Crippen LogP contribution in [0.4, 0.5) is 0 Å². The van der Waals surface area contributed by atoms with Crippen LogP contribution in [0.15, 0.2) is 51.4 Å². The Balaban J connectivity index is 1.94. The van der Waals surface area contributed by atoms with E-state index in [0.717, 1.165) is 32.2 Å². The largest absolute Gasteiger partial charge is 0.485 e. The van der Waals surface area contributed by atoms with E-state index in [-0.39, 0.29) is 12.1 Å². The van der Waals surface area contributed by atoms with E-state index in [1.165, 1.54) is 0 Å². The molecule has 1 aliphatic rings. The zero-order valence-corrected chi connectivity index (χ0v) is 13.3. The normalized spacial score (nSPS) is 21.6. The number of hydrogen-bond acceptors (Lipinski definition) is 2. The third kappa shape index (κ3) is 2.57. The fraction of sp³-hybridized carbons (Fsp3) is 0.200. The summed E-state index contributed by atoms with van der Waals surface area (Å²) in [5.74, 6) is 0.894. The summed E-state index contributed by atoms with van der Waals surface area (Å²) in [4.78, 5) is 0. The summed E-state index contributed by atoms with van der Waals surface area (Å²) in [5.41, 5.74) is 8.47. The molecule has 3 rings (SSSR count). The summed E-state index contributed by atoms with van der Waals surface area (Å²) in [6.07, 6.45) is 0.805. The second-order valence-corrected chi connectivity index (χ2v) is 6.37. The number of ether oxygens (including phenoxy) is 1. The molecule has 2 N–H and O–H groups in total. The molecule has 0 radical (unpaired) electrons. The third-order valence-electron chi connectivity index (χ3n) is 3.37. The van der Waals surface area contributed by atoms with Crippen molar-refractivity contribution in [2.45, 2.75) is 18.6 Å². The number of halogens is 2. The fourth-order valence-electron chi connectivity index (χ4n) is 2.37. The van der Waals surface area contributed by atoms with Crippen LogP contribution >= 0.6 is 31.9 Å². The van der Waals surface area contributed by atoms with Gasteiger partial charge in [0.15, 0.2) is 0 Å². The van der Waals surface area contributed by atoms with Gasteiger partial charge in [0.1, 0.15) is 11.9 Å². The van der Waals surface area contributed by atoms with E-state index < -0.39 is 0 Å². The molecule has 98 valence electrons. The fourth-order valence-corrected chi connectivity index (χ4v) is 3.01. The summed E-state index contributed by atoms with van der Waals surface area (Å²) in [5, 5.41) is 0. The van der Waals surface area contributed by atoms with Crippen LogP contribution in [0.3, 0.4) is 0 Å². The van der Waals surface area contributed by atoms with E-state index in [2.05, 4.69) is 44.0 Å². The first-order chi connectivity index (χ1) is 9.15. The lowest BCUT2D eigenvalue weighted by Gasteiger charge is -2.30. The molecule has 2 atom stereocenters. The number of hydrogen-bond donors (Lipinski definition) is 1. The van der Waals surface area contributed by atoms with Gasteiger partial charge >= 0.3 is 0 Å². The number of fused-ring (bicyclic) bond motifs is 1. The molecule has 4 heteroatoms. The molecule has 0 saturated heterocycles. The molecule has 0 fully saturated rings. The first-order valence-corrected chi connectivity index (χ1v) is 7.70. The Morgan fingerprint density at radius 3 is 2.63 bits per heavy atom. The summed E-state index contributed by atoms with van der Waals surface area (Å²) < 4.78 is 8.13. The van der Waals surface area contributed by atoms with Crippen molar-refractivity contribution in [3.05, 3.63) is 62.5 Å². The topological polar surface area (TPSA) is 35.2 Å². The first-order valence-electron chi connectivity index (χ1n) is 6.11. The van der Waals surface area contributed by atoms with Crippen LogP contribution in [0.25, 0.3) is 0 Å². The smallest absolute Gasteiger partial charge is 0.126 e. The Hall–Kier alpha value is -0.840. The van der Waals surface area contributed by atoms with Crippen molar-refractivity contribution in [3.8, 4) is 5.75 Å². The SMILES string of the molecule is NC1CC(c2ccc(Br)c(Br)c2)Oc2ccccc21. The molecule has 1 heterocycles. The summed E-state index contributed by atoms with van der Waals surface area (Å²) in [6, 6.07) is 14.2. The maximum atomic E-state index is 6.24. The van der Waals surface area contributed by atoms with Gasteiger partial charge in [-0.15, -0.1) is 0 Å². The zero-order chi connectivity index (χ0) is 13.4. The zero-order valence-electron chi connectivity index (χ0n) is 10.1. The monoisotopic (exact) mass is 381 g/mol. The van der Waals surface area contributed by atoms with Crippen molar-refractivity contribution in [3.63, 3.8) is 0 Å². The van der Waals surface area contributed by atoms with Crippen LogP contribution in [0.5, 0.6) is 5.75 Å². The van der Waals surface area contributed by atoms with Gasteiger partial charge in [0.05, 0.1) is 0 Å². The van der Waals surface area contributed by atoms with Crippen molar-refractivity contribution in [1.29, 1.82) is 0 Å². The second kappa shape index (κ2) is 5.27. The Bertz CT molecular complexity index is 615. The highest BCUT2D eigenvalue weighted by atomic mass is 79.9. The van der Waals surface area contributed by atoms with Crippen LogP contribution in [0.2, 0.25) is 0 Å². The highest BCUT2D eigenvalue weighted by molar-refractivity contribution is 9.13. The predicted octanol–water partition coefficient (Wildman–Crippen LogP) is 4.74. The molecule has 0 spiro atoms. The number of rotatable bonds is 1. The van der Waals surface area contributed by atoms with Crippen molar-refractivity contribution >= 4 is 31.9 Å². The number of nitrogens with two attached hydrogens (primary N) is 1. The lowest BCUT2D eigenvalue weighted by molar-refractivity contribution is 0.161. The molecule has 2 unspecified atom stereocenters. The van der Waals surface area contributed by atoms with Crippen molar-refractivity contribution in [2.24, 2.45) is 5.73 Å². The van der Waals surface area contributed by atoms with Gasteiger partial charge in [0.25, 0.3) is 0 Å². The standard InChI is InChI=1S/C15H13Br2NO/c16-11-6-5-9(7-12(11)17)15-8-13(18)10-3-1-2-4-14(10)19-15/h1-7,13,15H,8,18H2. The minimum absolute atomic E-state index is 0.00861. The van der Waals surface area contributed by atoms with Crippen LogP contribution in [-0.4, -0.2) is 0 Å². The average Bonchev–Trinajstić information content (AvgIpc) is 2.42. The van der Waals surface area contributed by atoms with Crippen molar-refractivity contribution < 1.29 is 4.74 Å². The second-order valence-electron chi connectivity index (χ2n) is 4.66. The molecule has 2 aromatic carbocycles. The molecule has 0 aromatic heterocycles. The van der Waals surface area contributed by atoms with Gasteiger partial charge < -0.3 is 10.5 Å². The third-order valence-corrected chi connectivity index (χ3v) is 5.25. The maximum Gasteiger partial charge on any atom is 0.126 e. The van der Waals surface area contributed by atoms with Gasteiger partial charge in [-0.05, 0) is 55.6 Å².